The summed E-state index contributed by atoms with van der Waals surface area (Å²) < 4.78 is 11.8. The van der Waals surface area contributed by atoms with E-state index in [1.165, 1.54) is 19.3 Å². The molecule has 1 saturated carbocycles. The smallest absolute Gasteiger partial charge is 0.161 e. The van der Waals surface area contributed by atoms with Gasteiger partial charge in [0.05, 0.1) is 0 Å². The molecular formula is C13H17NO2. The Kier molecular flexibility index (Phi) is 2.28. The van der Waals surface area contributed by atoms with E-state index in [0.29, 0.717) is 13.2 Å². The van der Waals surface area contributed by atoms with Crippen LogP contribution in [0.25, 0.3) is 0 Å². The molecule has 1 fully saturated rings. The summed E-state index contributed by atoms with van der Waals surface area (Å²) in [5, 5.41) is 0. The number of rotatable bonds is 2. The molecule has 0 radical (unpaired) electrons. The highest BCUT2D eigenvalue weighted by Gasteiger charge is 2.46. The lowest BCUT2D eigenvalue weighted by atomic mass is 9.65. The molecule has 2 N–H and O–H groups in total. The summed E-state index contributed by atoms with van der Waals surface area (Å²) in [6.07, 6.45) is 3.72. The first-order valence-electron chi connectivity index (χ1n) is 5.93. The Morgan fingerprint density at radius 2 is 2.00 bits per heavy atom. The van der Waals surface area contributed by atoms with Gasteiger partial charge >= 0.3 is 0 Å². The summed E-state index contributed by atoms with van der Waals surface area (Å²) >= 11 is 0. The van der Waals surface area contributed by atoms with Gasteiger partial charge in [-0.3, -0.25) is 0 Å². The first-order valence-corrected chi connectivity index (χ1v) is 5.93. The summed E-state index contributed by atoms with van der Waals surface area (Å²) in [6.45, 7) is 1.33. The quantitative estimate of drug-likeness (QED) is 0.827. The Morgan fingerprint density at radius 3 is 2.62 bits per heavy atom. The van der Waals surface area contributed by atoms with Crippen LogP contribution in [0.2, 0.25) is 0 Å². The number of nitrogens with two attached hydrogens (primary N) is 1. The van der Waals surface area contributed by atoms with E-state index in [4.69, 9.17) is 15.2 Å². The normalized spacial score (nSPS) is 25.9. The van der Waals surface area contributed by atoms with E-state index < -0.39 is 0 Å². The molecule has 2 aliphatic rings. The lowest BCUT2D eigenvalue weighted by Crippen LogP contribution is -2.53. The Balaban J connectivity index is 1.82. The number of fused-ring (bicyclic) bond motifs is 1. The SMILES string of the molecule is NCC1(C2COc3ccccc3O2)CCC1. The van der Waals surface area contributed by atoms with Gasteiger partial charge in [-0.05, 0) is 25.0 Å². The lowest BCUT2D eigenvalue weighted by Gasteiger charge is -2.47. The predicted octanol–water partition coefficient (Wildman–Crippen LogP) is 1.96. The minimum absolute atomic E-state index is 0.126. The molecule has 1 aliphatic heterocycles. The van der Waals surface area contributed by atoms with Gasteiger partial charge in [-0.1, -0.05) is 18.6 Å². The number of hydrogen-bond donors (Lipinski definition) is 1. The summed E-state index contributed by atoms with van der Waals surface area (Å²) in [7, 11) is 0. The van der Waals surface area contributed by atoms with Crippen molar-refractivity contribution in [3.8, 4) is 11.5 Å². The highest BCUT2D eigenvalue weighted by Crippen LogP contribution is 2.46. The summed E-state index contributed by atoms with van der Waals surface area (Å²) in [4.78, 5) is 0. The van der Waals surface area contributed by atoms with Crippen LogP contribution >= 0.6 is 0 Å². The minimum Gasteiger partial charge on any atom is -0.486 e. The molecule has 0 aromatic heterocycles. The third-order valence-corrected chi connectivity index (χ3v) is 3.95. The lowest BCUT2D eigenvalue weighted by molar-refractivity contribution is -0.0508. The standard InChI is InChI=1S/C13H17NO2/c14-9-13(6-3-7-13)12-8-15-10-4-1-2-5-11(10)16-12/h1-2,4-5,12H,3,6-9,14H2. The molecule has 0 amide bonds. The van der Waals surface area contributed by atoms with Crippen LogP contribution in [0.5, 0.6) is 11.5 Å². The van der Waals surface area contributed by atoms with Crippen LogP contribution in [0.3, 0.4) is 0 Å². The van der Waals surface area contributed by atoms with Crippen molar-refractivity contribution in [1.82, 2.24) is 0 Å². The first-order chi connectivity index (χ1) is 7.84. The molecule has 1 heterocycles. The molecule has 1 atom stereocenters. The van der Waals surface area contributed by atoms with E-state index in [1.807, 2.05) is 24.3 Å². The van der Waals surface area contributed by atoms with E-state index in [-0.39, 0.29) is 11.5 Å². The monoisotopic (exact) mass is 219 g/mol. The second-order valence-electron chi connectivity index (χ2n) is 4.78. The van der Waals surface area contributed by atoms with Gasteiger partial charge in [0.2, 0.25) is 0 Å². The Morgan fingerprint density at radius 1 is 1.25 bits per heavy atom. The zero-order valence-corrected chi connectivity index (χ0v) is 9.32. The fourth-order valence-electron chi connectivity index (χ4n) is 2.61. The molecule has 3 rings (SSSR count). The van der Waals surface area contributed by atoms with Crippen LogP contribution in [-0.4, -0.2) is 19.3 Å². The summed E-state index contributed by atoms with van der Waals surface area (Å²) in [5.74, 6) is 1.71. The molecule has 1 unspecified atom stereocenters. The summed E-state index contributed by atoms with van der Waals surface area (Å²) in [5.41, 5.74) is 6.04. The second kappa shape index (κ2) is 3.67. The van der Waals surface area contributed by atoms with Gasteiger partial charge in [0.1, 0.15) is 12.7 Å². The molecule has 1 aromatic carbocycles. The highest BCUT2D eigenvalue weighted by molar-refractivity contribution is 5.41. The van der Waals surface area contributed by atoms with Crippen molar-refractivity contribution < 1.29 is 9.47 Å². The number of para-hydroxylation sites is 2. The molecule has 1 aliphatic carbocycles. The van der Waals surface area contributed by atoms with Crippen LogP contribution in [0.1, 0.15) is 19.3 Å². The largest absolute Gasteiger partial charge is 0.486 e. The minimum atomic E-state index is 0.126. The van der Waals surface area contributed by atoms with Gasteiger partial charge in [-0.15, -0.1) is 0 Å². The molecule has 3 nitrogen and oxygen atoms in total. The fourth-order valence-corrected chi connectivity index (χ4v) is 2.61. The maximum atomic E-state index is 6.03. The van der Waals surface area contributed by atoms with E-state index in [0.717, 1.165) is 11.5 Å². The average molecular weight is 219 g/mol. The second-order valence-corrected chi connectivity index (χ2v) is 4.78. The van der Waals surface area contributed by atoms with E-state index in [1.54, 1.807) is 0 Å². The van der Waals surface area contributed by atoms with E-state index in [2.05, 4.69) is 0 Å². The van der Waals surface area contributed by atoms with Gasteiger partial charge in [0.15, 0.2) is 11.5 Å². The Hall–Kier alpha value is -1.22. The van der Waals surface area contributed by atoms with E-state index >= 15 is 0 Å². The Labute approximate surface area is 95.5 Å². The van der Waals surface area contributed by atoms with Crippen molar-refractivity contribution in [3.05, 3.63) is 24.3 Å². The zero-order chi connectivity index (χ0) is 11.0. The number of hydrogen-bond acceptors (Lipinski definition) is 3. The van der Waals surface area contributed by atoms with Gasteiger partial charge in [0, 0.05) is 12.0 Å². The third-order valence-electron chi connectivity index (χ3n) is 3.95. The molecule has 86 valence electrons. The van der Waals surface area contributed by atoms with Crippen LogP contribution in [0, 0.1) is 5.41 Å². The van der Waals surface area contributed by atoms with Gasteiger partial charge in [-0.2, -0.15) is 0 Å². The van der Waals surface area contributed by atoms with Crippen molar-refractivity contribution in [2.45, 2.75) is 25.4 Å². The van der Waals surface area contributed by atoms with Crippen LogP contribution in [-0.2, 0) is 0 Å². The zero-order valence-electron chi connectivity index (χ0n) is 9.32. The van der Waals surface area contributed by atoms with Crippen molar-refractivity contribution >= 4 is 0 Å². The van der Waals surface area contributed by atoms with Crippen molar-refractivity contribution in [3.63, 3.8) is 0 Å². The van der Waals surface area contributed by atoms with Crippen molar-refractivity contribution in [2.24, 2.45) is 11.1 Å². The van der Waals surface area contributed by atoms with Crippen LogP contribution in [0.15, 0.2) is 24.3 Å². The molecule has 3 heteroatoms. The third kappa shape index (κ3) is 1.39. The van der Waals surface area contributed by atoms with Gasteiger partial charge in [0.25, 0.3) is 0 Å². The molecule has 1 aromatic rings. The first kappa shape index (κ1) is 9.97. The maximum Gasteiger partial charge on any atom is 0.161 e. The van der Waals surface area contributed by atoms with Gasteiger partial charge < -0.3 is 15.2 Å². The molecule has 0 bridgehead atoms. The van der Waals surface area contributed by atoms with Crippen LogP contribution in [0.4, 0.5) is 0 Å². The summed E-state index contributed by atoms with van der Waals surface area (Å²) in [6, 6.07) is 7.84. The highest BCUT2D eigenvalue weighted by atomic mass is 16.6. The number of benzene rings is 1. The van der Waals surface area contributed by atoms with Gasteiger partial charge in [-0.25, -0.2) is 0 Å². The van der Waals surface area contributed by atoms with E-state index in [9.17, 15) is 0 Å². The topological polar surface area (TPSA) is 44.5 Å². The fraction of sp³-hybridized carbons (Fsp3) is 0.538. The Bertz CT molecular complexity index is 382. The predicted molar refractivity (Wildman–Crippen MR) is 61.7 cm³/mol. The molecule has 0 spiro atoms. The maximum absolute atomic E-state index is 6.03. The van der Waals surface area contributed by atoms with Crippen molar-refractivity contribution in [2.75, 3.05) is 13.2 Å². The average Bonchev–Trinajstić information content (AvgIpc) is 2.28. The molecule has 16 heavy (non-hydrogen) atoms. The number of ether oxygens (including phenoxy) is 2. The van der Waals surface area contributed by atoms with Crippen molar-refractivity contribution in [1.29, 1.82) is 0 Å². The molecule has 0 saturated heterocycles. The van der Waals surface area contributed by atoms with Crippen LogP contribution < -0.4 is 15.2 Å². The molecular weight excluding hydrogens is 202 g/mol.